The molecular weight excluding hydrogens is 426 g/mol. The van der Waals surface area contributed by atoms with Crippen LogP contribution in [0.5, 0.6) is 11.5 Å². The summed E-state index contributed by atoms with van der Waals surface area (Å²) in [5.41, 5.74) is 1.36. The fourth-order valence-electron chi connectivity index (χ4n) is 2.58. The molecule has 0 atom stereocenters. The smallest absolute Gasteiger partial charge is 0.342 e. The maximum Gasteiger partial charge on any atom is 0.342 e. The number of thioether (sulfide) groups is 1. The van der Waals surface area contributed by atoms with Gasteiger partial charge in [-0.2, -0.15) is 0 Å². The Labute approximate surface area is 183 Å². The number of H-pyrrole nitrogens is 1. The van der Waals surface area contributed by atoms with Gasteiger partial charge in [-0.05, 0) is 67.6 Å². The third-order valence-corrected chi connectivity index (χ3v) is 4.96. The van der Waals surface area contributed by atoms with Crippen molar-refractivity contribution >= 4 is 35.4 Å². The van der Waals surface area contributed by atoms with Crippen LogP contribution < -0.4 is 9.47 Å². The van der Waals surface area contributed by atoms with Crippen LogP contribution in [-0.4, -0.2) is 39.5 Å². The van der Waals surface area contributed by atoms with Gasteiger partial charge in [-0.25, -0.2) is 9.78 Å². The van der Waals surface area contributed by atoms with Gasteiger partial charge >= 0.3 is 5.97 Å². The lowest BCUT2D eigenvalue weighted by Crippen LogP contribution is -2.05. The van der Waals surface area contributed by atoms with E-state index in [2.05, 4.69) is 15.2 Å². The monoisotopic (exact) mass is 445 g/mol. The number of aliphatic carboxylic acids is 1. The van der Waals surface area contributed by atoms with Gasteiger partial charge in [0, 0.05) is 5.02 Å². The third kappa shape index (κ3) is 5.55. The van der Waals surface area contributed by atoms with Gasteiger partial charge in [-0.1, -0.05) is 23.7 Å². The molecule has 1 aromatic heterocycles. The fraction of sp³-hybridized carbons (Fsp3) is 0.190. The molecule has 3 aromatic rings. The van der Waals surface area contributed by atoms with Crippen molar-refractivity contribution < 1.29 is 19.4 Å². The van der Waals surface area contributed by atoms with Crippen LogP contribution in [0.15, 0.2) is 52.5 Å². The number of ether oxygens (including phenoxy) is 2. The number of rotatable bonds is 8. The van der Waals surface area contributed by atoms with Crippen molar-refractivity contribution in [1.82, 2.24) is 15.2 Å². The summed E-state index contributed by atoms with van der Waals surface area (Å²) in [7, 11) is 1.54. The zero-order valence-electron chi connectivity index (χ0n) is 16.5. The molecule has 9 heteroatoms. The Bertz CT molecular complexity index is 1060. The molecule has 0 saturated carbocycles. The van der Waals surface area contributed by atoms with E-state index >= 15 is 0 Å². The summed E-state index contributed by atoms with van der Waals surface area (Å²) in [5, 5.41) is 17.3. The van der Waals surface area contributed by atoms with Crippen molar-refractivity contribution in [3.63, 3.8) is 0 Å². The van der Waals surface area contributed by atoms with Crippen molar-refractivity contribution in [3.05, 3.63) is 58.0 Å². The fourth-order valence-corrected chi connectivity index (χ4v) is 3.46. The molecule has 0 bridgehead atoms. The van der Waals surface area contributed by atoms with Crippen molar-refractivity contribution in [3.8, 4) is 22.9 Å². The largest absolute Gasteiger partial charge is 0.496 e. The molecule has 0 unspecified atom stereocenters. The van der Waals surface area contributed by atoms with Crippen LogP contribution in [0.2, 0.25) is 5.02 Å². The molecule has 0 aliphatic heterocycles. The van der Waals surface area contributed by atoms with Crippen molar-refractivity contribution in [2.45, 2.75) is 25.1 Å². The van der Waals surface area contributed by atoms with E-state index in [0.717, 1.165) is 23.1 Å². The van der Waals surface area contributed by atoms with E-state index in [1.807, 2.05) is 13.8 Å². The Balaban J connectivity index is 1.82. The molecule has 0 aliphatic rings. The van der Waals surface area contributed by atoms with E-state index in [4.69, 9.17) is 21.1 Å². The minimum absolute atomic E-state index is 0.0644. The minimum atomic E-state index is -1.07. The zero-order chi connectivity index (χ0) is 21.7. The number of carbonyl (C=O) groups is 1. The number of carboxylic acid groups (broad SMARTS) is 1. The Hall–Kier alpha value is -2.97. The lowest BCUT2D eigenvalue weighted by atomic mass is 10.2. The van der Waals surface area contributed by atoms with E-state index in [-0.39, 0.29) is 16.2 Å². The van der Waals surface area contributed by atoms with E-state index in [0.29, 0.717) is 22.2 Å². The third-order valence-electron chi connectivity index (χ3n) is 3.84. The molecule has 156 valence electrons. The number of halogens is 1. The summed E-state index contributed by atoms with van der Waals surface area (Å²) < 4.78 is 10.9. The number of benzene rings is 2. The number of aromatic amines is 1. The Kier molecular flexibility index (Phi) is 7.02. The average molecular weight is 446 g/mol. The molecule has 7 nitrogen and oxygen atoms in total. The summed E-state index contributed by atoms with van der Waals surface area (Å²) in [6, 6.07) is 12.3. The highest BCUT2D eigenvalue weighted by Gasteiger charge is 2.16. The van der Waals surface area contributed by atoms with Gasteiger partial charge in [0.25, 0.3) is 0 Å². The molecule has 0 spiro atoms. The predicted octanol–water partition coefficient (Wildman–Crippen LogP) is 5.14. The maximum atomic E-state index is 11.7. The summed E-state index contributed by atoms with van der Waals surface area (Å²) in [6.07, 6.45) is 1.62. The summed E-state index contributed by atoms with van der Waals surface area (Å²) >= 11 is 7.01. The van der Waals surface area contributed by atoms with Crippen LogP contribution in [0.1, 0.15) is 19.4 Å². The summed E-state index contributed by atoms with van der Waals surface area (Å²) in [6.45, 7) is 3.88. The van der Waals surface area contributed by atoms with Crippen LogP contribution in [0.3, 0.4) is 0 Å². The quantitative estimate of drug-likeness (QED) is 0.366. The number of methoxy groups -OCH3 is 1. The highest BCUT2D eigenvalue weighted by atomic mass is 35.5. The second kappa shape index (κ2) is 9.69. The van der Waals surface area contributed by atoms with Gasteiger partial charge in [-0.15, -0.1) is 5.10 Å². The van der Waals surface area contributed by atoms with Gasteiger partial charge < -0.3 is 14.6 Å². The SMILES string of the molecule is COc1ccc(Cl)cc1-c1nc(S/C(=C\c2ccc(OC(C)C)cc2)C(=O)O)n[nH]1. The van der Waals surface area contributed by atoms with Crippen LogP contribution in [-0.2, 0) is 4.79 Å². The zero-order valence-corrected chi connectivity index (χ0v) is 18.1. The molecule has 0 amide bonds. The van der Waals surface area contributed by atoms with Crippen molar-refractivity contribution in [1.29, 1.82) is 0 Å². The van der Waals surface area contributed by atoms with Crippen LogP contribution in [0.4, 0.5) is 0 Å². The maximum absolute atomic E-state index is 11.7. The van der Waals surface area contributed by atoms with Crippen LogP contribution >= 0.6 is 23.4 Å². The molecule has 2 aromatic carbocycles. The van der Waals surface area contributed by atoms with E-state index < -0.39 is 5.97 Å². The van der Waals surface area contributed by atoms with Crippen LogP contribution in [0.25, 0.3) is 17.5 Å². The molecule has 2 N–H and O–H groups in total. The standard InChI is InChI=1S/C21H20ClN3O4S/c1-12(2)29-15-7-4-13(5-8-15)10-18(20(26)27)30-21-23-19(24-25-21)16-11-14(22)6-9-17(16)28-3/h4-12H,1-3H3,(H,26,27)(H,23,24,25)/b18-10-. The molecule has 0 fully saturated rings. The number of nitrogens with zero attached hydrogens (tertiary/aromatic N) is 2. The Morgan fingerprint density at radius 1 is 1.23 bits per heavy atom. The van der Waals surface area contributed by atoms with E-state index in [1.165, 1.54) is 0 Å². The lowest BCUT2D eigenvalue weighted by molar-refractivity contribution is -0.131. The van der Waals surface area contributed by atoms with E-state index in [9.17, 15) is 9.90 Å². The second-order valence-electron chi connectivity index (χ2n) is 6.46. The first-order valence-corrected chi connectivity index (χ1v) is 10.2. The molecular formula is C21H20ClN3O4S. The molecule has 0 aliphatic carbocycles. The minimum Gasteiger partial charge on any atom is -0.496 e. The average Bonchev–Trinajstić information content (AvgIpc) is 3.17. The summed E-state index contributed by atoms with van der Waals surface area (Å²) in [4.78, 5) is 16.2. The molecule has 0 saturated heterocycles. The van der Waals surface area contributed by atoms with Crippen molar-refractivity contribution in [2.75, 3.05) is 7.11 Å². The lowest BCUT2D eigenvalue weighted by Gasteiger charge is -2.09. The van der Waals surface area contributed by atoms with Crippen LogP contribution in [0, 0.1) is 0 Å². The number of hydrogen-bond donors (Lipinski definition) is 2. The first kappa shape index (κ1) is 21.7. The second-order valence-corrected chi connectivity index (χ2v) is 7.91. The number of carboxylic acids is 1. The van der Waals surface area contributed by atoms with Gasteiger partial charge in [-0.3, -0.25) is 5.10 Å². The highest BCUT2D eigenvalue weighted by Crippen LogP contribution is 2.33. The Morgan fingerprint density at radius 2 is 1.97 bits per heavy atom. The van der Waals surface area contributed by atoms with Crippen molar-refractivity contribution in [2.24, 2.45) is 0 Å². The molecule has 1 heterocycles. The predicted molar refractivity (Wildman–Crippen MR) is 117 cm³/mol. The molecule has 0 radical (unpaired) electrons. The summed E-state index contributed by atoms with van der Waals surface area (Å²) in [5.74, 6) is 0.650. The first-order valence-electron chi connectivity index (χ1n) is 9.01. The van der Waals surface area contributed by atoms with Gasteiger partial charge in [0.1, 0.15) is 16.4 Å². The van der Waals surface area contributed by atoms with Gasteiger partial charge in [0.15, 0.2) is 5.82 Å². The van der Waals surface area contributed by atoms with Gasteiger partial charge in [0.2, 0.25) is 5.16 Å². The topological polar surface area (TPSA) is 97.3 Å². The molecule has 3 rings (SSSR count). The Morgan fingerprint density at radius 3 is 2.60 bits per heavy atom. The normalized spacial score (nSPS) is 11.6. The highest BCUT2D eigenvalue weighted by molar-refractivity contribution is 8.04. The first-order chi connectivity index (χ1) is 14.4. The van der Waals surface area contributed by atoms with E-state index in [1.54, 1.807) is 55.7 Å². The number of aromatic nitrogens is 3. The molecule has 30 heavy (non-hydrogen) atoms. The number of nitrogens with one attached hydrogen (secondary N) is 1. The number of hydrogen-bond acceptors (Lipinski definition) is 6. The van der Waals surface area contributed by atoms with Gasteiger partial charge in [0.05, 0.1) is 18.8 Å².